The van der Waals surface area contributed by atoms with Crippen molar-refractivity contribution in [3.05, 3.63) is 66.0 Å². The summed E-state index contributed by atoms with van der Waals surface area (Å²) in [6, 6.07) is 14.4. The highest BCUT2D eigenvalue weighted by Gasteiger charge is 2.17. The fourth-order valence-electron chi connectivity index (χ4n) is 2.54. The van der Waals surface area contributed by atoms with Crippen molar-refractivity contribution in [2.75, 3.05) is 26.0 Å². The minimum absolute atomic E-state index is 0.0783. The molecule has 0 aromatic heterocycles. The summed E-state index contributed by atoms with van der Waals surface area (Å²) in [7, 11) is -2.17. The molecule has 0 fully saturated rings. The SMILES string of the molecule is COC(=O)CN(CCCS(=O)(=O)c1ccc(F)cc1)Cc1ccccc1. The Bertz CT molecular complexity index is 807. The molecule has 2 aromatic rings. The van der Waals surface area contributed by atoms with E-state index in [1.54, 1.807) is 0 Å². The molecule has 0 unspecified atom stereocenters. The van der Waals surface area contributed by atoms with Crippen molar-refractivity contribution in [3.8, 4) is 0 Å². The maximum atomic E-state index is 12.9. The van der Waals surface area contributed by atoms with Gasteiger partial charge in [-0.15, -0.1) is 0 Å². The summed E-state index contributed by atoms with van der Waals surface area (Å²) in [5, 5.41) is 0. The Hall–Kier alpha value is -2.25. The molecule has 140 valence electrons. The third-order valence-corrected chi connectivity index (χ3v) is 5.71. The Morgan fingerprint density at radius 1 is 1.08 bits per heavy atom. The molecule has 7 heteroatoms. The normalized spacial score (nSPS) is 11.5. The second kappa shape index (κ2) is 9.45. The van der Waals surface area contributed by atoms with Crippen molar-refractivity contribution >= 4 is 15.8 Å². The van der Waals surface area contributed by atoms with Gasteiger partial charge >= 0.3 is 5.97 Å². The number of hydrogen-bond donors (Lipinski definition) is 0. The molecule has 5 nitrogen and oxygen atoms in total. The van der Waals surface area contributed by atoms with Crippen LogP contribution in [0.5, 0.6) is 0 Å². The molecule has 0 amide bonds. The number of ether oxygens (including phenoxy) is 1. The van der Waals surface area contributed by atoms with Gasteiger partial charge in [0.25, 0.3) is 0 Å². The predicted molar refractivity (Wildman–Crippen MR) is 96.8 cm³/mol. The first-order chi connectivity index (χ1) is 12.4. The number of hydrogen-bond acceptors (Lipinski definition) is 5. The molecule has 26 heavy (non-hydrogen) atoms. The van der Waals surface area contributed by atoms with Crippen LogP contribution >= 0.6 is 0 Å². The van der Waals surface area contributed by atoms with Crippen LogP contribution in [0.1, 0.15) is 12.0 Å². The van der Waals surface area contributed by atoms with Crippen molar-refractivity contribution in [1.29, 1.82) is 0 Å². The van der Waals surface area contributed by atoms with Gasteiger partial charge in [0.05, 0.1) is 24.3 Å². The molecule has 0 aliphatic rings. The molecule has 0 aliphatic carbocycles. The number of benzene rings is 2. The number of carbonyl (C=O) groups is 1. The quantitative estimate of drug-likeness (QED) is 0.495. The maximum absolute atomic E-state index is 12.9. The second-order valence-corrected chi connectivity index (χ2v) is 8.01. The van der Waals surface area contributed by atoms with E-state index in [4.69, 9.17) is 4.74 Å². The van der Waals surface area contributed by atoms with Crippen LogP contribution in [0.4, 0.5) is 4.39 Å². The fourth-order valence-corrected chi connectivity index (χ4v) is 3.84. The first-order valence-corrected chi connectivity index (χ1v) is 9.87. The van der Waals surface area contributed by atoms with E-state index in [-0.39, 0.29) is 23.2 Å². The molecule has 0 N–H and O–H groups in total. The molecule has 0 atom stereocenters. The lowest BCUT2D eigenvalue weighted by molar-refractivity contribution is -0.142. The molecule has 2 rings (SSSR count). The van der Waals surface area contributed by atoms with E-state index in [1.807, 2.05) is 35.2 Å². The van der Waals surface area contributed by atoms with Crippen LogP contribution in [0.15, 0.2) is 59.5 Å². The summed E-state index contributed by atoms with van der Waals surface area (Å²) < 4.78 is 42.3. The van der Waals surface area contributed by atoms with Crippen molar-refractivity contribution in [1.82, 2.24) is 4.90 Å². The average Bonchev–Trinajstić information content (AvgIpc) is 2.62. The van der Waals surface area contributed by atoms with Gasteiger partial charge in [-0.1, -0.05) is 30.3 Å². The van der Waals surface area contributed by atoms with E-state index in [0.717, 1.165) is 17.7 Å². The zero-order valence-electron chi connectivity index (χ0n) is 14.6. The second-order valence-electron chi connectivity index (χ2n) is 5.90. The summed E-state index contributed by atoms with van der Waals surface area (Å²) in [6.45, 7) is 1.03. The van der Waals surface area contributed by atoms with E-state index in [9.17, 15) is 17.6 Å². The molecular weight excluding hydrogens is 357 g/mol. The van der Waals surface area contributed by atoms with Gasteiger partial charge in [0.15, 0.2) is 9.84 Å². The van der Waals surface area contributed by atoms with Crippen molar-refractivity contribution < 1.29 is 22.3 Å². The van der Waals surface area contributed by atoms with Crippen molar-refractivity contribution in [3.63, 3.8) is 0 Å². The van der Waals surface area contributed by atoms with Gasteiger partial charge in [-0.2, -0.15) is 0 Å². The van der Waals surface area contributed by atoms with Crippen molar-refractivity contribution in [2.24, 2.45) is 0 Å². The van der Waals surface area contributed by atoms with Gasteiger partial charge in [-0.05, 0) is 36.2 Å². The van der Waals surface area contributed by atoms with Gasteiger partial charge in [-0.25, -0.2) is 12.8 Å². The van der Waals surface area contributed by atoms with Crippen LogP contribution in [-0.2, 0) is 25.9 Å². The zero-order valence-corrected chi connectivity index (χ0v) is 15.4. The van der Waals surface area contributed by atoms with Gasteiger partial charge in [0.1, 0.15) is 5.82 Å². The average molecular weight is 379 g/mol. The number of nitrogens with zero attached hydrogens (tertiary/aromatic N) is 1. The fraction of sp³-hybridized carbons (Fsp3) is 0.316. The molecule has 0 spiro atoms. The summed E-state index contributed by atoms with van der Waals surface area (Å²) in [6.07, 6.45) is 0.351. The first kappa shape index (κ1) is 20.1. The molecule has 0 aliphatic heterocycles. The van der Waals surface area contributed by atoms with Gasteiger partial charge < -0.3 is 4.74 Å². The van der Waals surface area contributed by atoms with Crippen LogP contribution in [0.25, 0.3) is 0 Å². The van der Waals surface area contributed by atoms with Crippen molar-refractivity contribution in [2.45, 2.75) is 17.9 Å². The minimum atomic E-state index is -3.49. The molecule has 2 aromatic carbocycles. The number of methoxy groups -OCH3 is 1. The van der Waals surface area contributed by atoms with Gasteiger partial charge in [0.2, 0.25) is 0 Å². The van der Waals surface area contributed by atoms with E-state index in [1.165, 1.54) is 19.2 Å². The molecular formula is C19H22FNO4S. The summed E-state index contributed by atoms with van der Waals surface area (Å²) in [4.78, 5) is 13.6. The monoisotopic (exact) mass is 379 g/mol. The summed E-state index contributed by atoms with van der Waals surface area (Å²) in [5.41, 5.74) is 1.03. The van der Waals surface area contributed by atoms with Crippen LogP contribution in [0.2, 0.25) is 0 Å². The Labute approximate surface area is 153 Å². The van der Waals surface area contributed by atoms with Crippen LogP contribution < -0.4 is 0 Å². The Morgan fingerprint density at radius 3 is 2.35 bits per heavy atom. The van der Waals surface area contributed by atoms with Crippen LogP contribution in [-0.4, -0.2) is 45.2 Å². The molecule has 0 saturated heterocycles. The largest absolute Gasteiger partial charge is 0.468 e. The number of halogens is 1. The number of esters is 1. The number of sulfone groups is 1. The standard InChI is InChI=1S/C19H22FNO4S/c1-25-19(22)15-21(14-16-6-3-2-4-7-16)12-5-13-26(23,24)18-10-8-17(20)9-11-18/h2-4,6-11H,5,12-15H2,1H3. The lowest BCUT2D eigenvalue weighted by Crippen LogP contribution is -2.32. The predicted octanol–water partition coefficient (Wildman–Crippen LogP) is 2.66. The molecule has 0 radical (unpaired) electrons. The van der Waals surface area contributed by atoms with Crippen LogP contribution in [0.3, 0.4) is 0 Å². The minimum Gasteiger partial charge on any atom is -0.468 e. The smallest absolute Gasteiger partial charge is 0.319 e. The highest BCUT2D eigenvalue weighted by molar-refractivity contribution is 7.91. The number of carbonyl (C=O) groups excluding carboxylic acids is 1. The summed E-state index contributed by atoms with van der Waals surface area (Å²) in [5.74, 6) is -0.927. The first-order valence-electron chi connectivity index (χ1n) is 8.22. The summed E-state index contributed by atoms with van der Waals surface area (Å²) >= 11 is 0. The lowest BCUT2D eigenvalue weighted by Gasteiger charge is -2.21. The van der Waals surface area contributed by atoms with Crippen LogP contribution in [0, 0.1) is 5.82 Å². The van der Waals surface area contributed by atoms with E-state index >= 15 is 0 Å². The zero-order chi connectivity index (χ0) is 19.0. The van der Waals surface area contributed by atoms with Gasteiger partial charge in [-0.3, -0.25) is 9.69 Å². The van der Waals surface area contributed by atoms with E-state index in [2.05, 4.69) is 0 Å². The molecule has 0 saturated carbocycles. The highest BCUT2D eigenvalue weighted by atomic mass is 32.2. The van der Waals surface area contributed by atoms with E-state index < -0.39 is 15.7 Å². The Balaban J connectivity index is 1.97. The lowest BCUT2D eigenvalue weighted by atomic mass is 10.2. The molecule has 0 bridgehead atoms. The third kappa shape index (κ3) is 6.24. The van der Waals surface area contributed by atoms with Gasteiger partial charge in [0, 0.05) is 13.1 Å². The Morgan fingerprint density at radius 2 is 1.73 bits per heavy atom. The maximum Gasteiger partial charge on any atom is 0.319 e. The topological polar surface area (TPSA) is 63.7 Å². The molecule has 0 heterocycles. The highest BCUT2D eigenvalue weighted by Crippen LogP contribution is 2.13. The number of rotatable bonds is 9. The third-order valence-electron chi connectivity index (χ3n) is 3.89. The Kier molecular flexibility index (Phi) is 7.29. The van der Waals surface area contributed by atoms with E-state index in [0.29, 0.717) is 19.5 Å².